The average molecular weight is 346 g/mol. The van der Waals surface area contributed by atoms with Gasteiger partial charge in [-0.05, 0) is 55.8 Å². The van der Waals surface area contributed by atoms with E-state index in [9.17, 15) is 0 Å². The fourth-order valence-electron chi connectivity index (χ4n) is 2.71. The first kappa shape index (κ1) is 16.0. The zero-order chi connectivity index (χ0) is 17.9. The predicted octanol–water partition coefficient (Wildman–Crippen LogP) is 3.66. The van der Waals surface area contributed by atoms with Crippen molar-refractivity contribution in [3.8, 4) is 5.75 Å². The molecule has 26 heavy (non-hydrogen) atoms. The van der Waals surface area contributed by atoms with Gasteiger partial charge in [-0.25, -0.2) is 5.43 Å². The zero-order valence-corrected chi connectivity index (χ0v) is 14.5. The predicted molar refractivity (Wildman–Crippen MR) is 103 cm³/mol. The Kier molecular flexibility index (Phi) is 4.18. The Labute approximate surface area is 150 Å². The van der Waals surface area contributed by atoms with Crippen LogP contribution in [0, 0.1) is 6.92 Å². The van der Waals surface area contributed by atoms with Gasteiger partial charge in [0.15, 0.2) is 5.65 Å². The number of aryl methyl sites for hydroxylation is 1. The number of H-pyrrole nitrogens is 1. The molecular weight excluding hydrogens is 328 g/mol. The molecule has 0 fully saturated rings. The average Bonchev–Trinajstić information content (AvgIpc) is 3.00. The topological polar surface area (TPSA) is 88.1 Å². The van der Waals surface area contributed by atoms with Gasteiger partial charge in [-0.3, -0.25) is 0 Å². The van der Waals surface area contributed by atoms with Crippen molar-refractivity contribution in [2.75, 3.05) is 12.0 Å². The fraction of sp³-hybridized carbons (Fsp3) is 0.158. The molecule has 0 bridgehead atoms. The molecule has 0 aliphatic heterocycles. The summed E-state index contributed by atoms with van der Waals surface area (Å²) in [5.41, 5.74) is 7.35. The summed E-state index contributed by atoms with van der Waals surface area (Å²) in [6, 6.07) is 13.8. The summed E-state index contributed by atoms with van der Waals surface area (Å²) in [6.07, 6.45) is 1.69. The van der Waals surface area contributed by atoms with Gasteiger partial charge in [-0.15, -0.1) is 10.2 Å². The molecule has 7 heteroatoms. The number of ether oxygens (including phenoxy) is 1. The van der Waals surface area contributed by atoms with Crippen LogP contribution < -0.4 is 10.2 Å². The molecule has 2 N–H and O–H groups in total. The van der Waals surface area contributed by atoms with Crippen molar-refractivity contribution in [2.45, 2.75) is 13.8 Å². The number of fused-ring (bicyclic) bond motifs is 3. The second kappa shape index (κ2) is 6.79. The van der Waals surface area contributed by atoms with Gasteiger partial charge >= 0.3 is 0 Å². The van der Waals surface area contributed by atoms with Crippen LogP contribution in [0.3, 0.4) is 0 Å². The van der Waals surface area contributed by atoms with Crippen LogP contribution in [0.2, 0.25) is 0 Å². The Morgan fingerprint density at radius 2 is 2.00 bits per heavy atom. The molecule has 0 aliphatic carbocycles. The highest BCUT2D eigenvalue weighted by molar-refractivity contribution is 6.03. The van der Waals surface area contributed by atoms with Gasteiger partial charge < -0.3 is 9.72 Å². The highest BCUT2D eigenvalue weighted by Crippen LogP contribution is 2.23. The first-order valence-corrected chi connectivity index (χ1v) is 8.37. The first-order chi connectivity index (χ1) is 12.7. The van der Waals surface area contributed by atoms with Crippen LogP contribution in [0.4, 0.5) is 5.95 Å². The Balaban J connectivity index is 1.52. The molecule has 0 atom stereocenters. The third-order valence-electron chi connectivity index (χ3n) is 3.94. The molecule has 0 spiro atoms. The quantitative estimate of drug-likeness (QED) is 0.425. The number of nitrogens with one attached hydrogen (secondary N) is 2. The molecule has 0 radical (unpaired) electrons. The van der Waals surface area contributed by atoms with Crippen LogP contribution in [0.25, 0.3) is 22.1 Å². The van der Waals surface area contributed by atoms with Crippen molar-refractivity contribution >= 4 is 34.2 Å². The summed E-state index contributed by atoms with van der Waals surface area (Å²) >= 11 is 0. The van der Waals surface area contributed by atoms with Crippen LogP contribution in [0.5, 0.6) is 5.75 Å². The molecular formula is C19H18N6O. The Hall–Kier alpha value is -3.48. The lowest BCUT2D eigenvalue weighted by molar-refractivity contribution is 0.340. The third-order valence-corrected chi connectivity index (χ3v) is 3.94. The number of hydrogen-bond donors (Lipinski definition) is 2. The zero-order valence-electron chi connectivity index (χ0n) is 14.5. The van der Waals surface area contributed by atoms with Crippen molar-refractivity contribution in [3.05, 3.63) is 53.6 Å². The largest absolute Gasteiger partial charge is 0.494 e. The van der Waals surface area contributed by atoms with Crippen molar-refractivity contribution in [1.82, 2.24) is 20.2 Å². The molecule has 7 nitrogen and oxygen atoms in total. The Bertz CT molecular complexity index is 1080. The van der Waals surface area contributed by atoms with Crippen LogP contribution >= 0.6 is 0 Å². The first-order valence-electron chi connectivity index (χ1n) is 8.37. The number of aromatic nitrogens is 4. The normalized spacial score (nSPS) is 11.5. The molecule has 2 heterocycles. The van der Waals surface area contributed by atoms with Gasteiger partial charge in [0.1, 0.15) is 11.3 Å². The van der Waals surface area contributed by atoms with Crippen molar-refractivity contribution in [2.24, 2.45) is 5.10 Å². The molecule has 0 unspecified atom stereocenters. The molecule has 0 amide bonds. The smallest absolute Gasteiger partial charge is 0.265 e. The number of hydrogen-bond acceptors (Lipinski definition) is 6. The van der Waals surface area contributed by atoms with Gasteiger partial charge in [0.25, 0.3) is 5.95 Å². The summed E-state index contributed by atoms with van der Waals surface area (Å²) in [5.74, 6) is 1.17. The minimum atomic E-state index is 0.336. The summed E-state index contributed by atoms with van der Waals surface area (Å²) < 4.78 is 5.42. The minimum Gasteiger partial charge on any atom is -0.494 e. The van der Waals surface area contributed by atoms with E-state index in [0.717, 1.165) is 27.7 Å². The highest BCUT2D eigenvalue weighted by atomic mass is 16.5. The van der Waals surface area contributed by atoms with E-state index < -0.39 is 0 Å². The van der Waals surface area contributed by atoms with E-state index in [1.165, 1.54) is 5.56 Å². The van der Waals surface area contributed by atoms with Crippen LogP contribution in [-0.4, -0.2) is 33.0 Å². The maximum Gasteiger partial charge on any atom is 0.265 e. The van der Waals surface area contributed by atoms with E-state index in [0.29, 0.717) is 18.2 Å². The highest BCUT2D eigenvalue weighted by Gasteiger charge is 2.08. The van der Waals surface area contributed by atoms with Gasteiger partial charge in [-0.2, -0.15) is 10.1 Å². The Morgan fingerprint density at radius 3 is 2.81 bits per heavy atom. The summed E-state index contributed by atoms with van der Waals surface area (Å²) in [4.78, 5) is 7.69. The molecule has 2 aromatic carbocycles. The second-order valence-corrected chi connectivity index (χ2v) is 5.88. The number of benzene rings is 2. The van der Waals surface area contributed by atoms with E-state index in [4.69, 9.17) is 4.74 Å². The molecule has 130 valence electrons. The molecule has 2 aromatic heterocycles. The number of hydrazone groups is 1. The van der Waals surface area contributed by atoms with Crippen molar-refractivity contribution < 1.29 is 4.74 Å². The maximum absolute atomic E-state index is 5.42. The lowest BCUT2D eigenvalue weighted by atomic mass is 10.2. The molecule has 4 aromatic rings. The number of rotatable bonds is 5. The SMILES string of the molecule is CCOc1ccc(C=NNc2nnc3c(n2)[nH]c2ccc(C)cc23)cc1. The lowest BCUT2D eigenvalue weighted by Gasteiger charge is -2.02. The summed E-state index contributed by atoms with van der Waals surface area (Å²) in [7, 11) is 0. The number of aromatic amines is 1. The number of nitrogens with zero attached hydrogens (tertiary/aromatic N) is 4. The molecule has 4 rings (SSSR count). The lowest BCUT2D eigenvalue weighted by Crippen LogP contribution is -1.99. The third kappa shape index (κ3) is 3.19. The van der Waals surface area contributed by atoms with E-state index in [1.54, 1.807) is 6.21 Å². The maximum atomic E-state index is 5.42. The van der Waals surface area contributed by atoms with E-state index in [1.807, 2.05) is 50.2 Å². The second-order valence-electron chi connectivity index (χ2n) is 5.88. The molecule has 0 aliphatic rings. The Morgan fingerprint density at radius 1 is 1.15 bits per heavy atom. The standard InChI is InChI=1S/C19H18N6O/c1-3-26-14-7-5-13(6-8-14)11-20-24-19-22-18-17(23-25-19)15-10-12(2)4-9-16(15)21-18/h4-11H,3H2,1-2H3,(H2,21,22,24,25). The monoisotopic (exact) mass is 346 g/mol. The van der Waals surface area contributed by atoms with E-state index in [-0.39, 0.29) is 0 Å². The van der Waals surface area contributed by atoms with Gasteiger partial charge in [0.2, 0.25) is 0 Å². The summed E-state index contributed by atoms with van der Waals surface area (Å²) in [6.45, 7) is 4.65. The molecule has 0 saturated carbocycles. The number of anilines is 1. The van der Waals surface area contributed by atoms with E-state index >= 15 is 0 Å². The van der Waals surface area contributed by atoms with E-state index in [2.05, 4.69) is 36.8 Å². The van der Waals surface area contributed by atoms with Crippen LogP contribution in [0.1, 0.15) is 18.1 Å². The fourth-order valence-corrected chi connectivity index (χ4v) is 2.71. The van der Waals surface area contributed by atoms with Gasteiger partial charge in [0, 0.05) is 10.9 Å². The minimum absolute atomic E-state index is 0.336. The van der Waals surface area contributed by atoms with Gasteiger partial charge in [-0.1, -0.05) is 11.6 Å². The van der Waals surface area contributed by atoms with Crippen LogP contribution in [-0.2, 0) is 0 Å². The van der Waals surface area contributed by atoms with Gasteiger partial charge in [0.05, 0.1) is 12.8 Å². The van der Waals surface area contributed by atoms with Crippen molar-refractivity contribution in [3.63, 3.8) is 0 Å². The van der Waals surface area contributed by atoms with Crippen LogP contribution in [0.15, 0.2) is 47.6 Å². The summed E-state index contributed by atoms with van der Waals surface area (Å²) in [5, 5.41) is 13.6. The van der Waals surface area contributed by atoms with Crippen molar-refractivity contribution in [1.29, 1.82) is 0 Å². The molecule has 0 saturated heterocycles.